The van der Waals surface area contributed by atoms with Gasteiger partial charge in [0, 0.05) is 28.0 Å². The van der Waals surface area contributed by atoms with Crippen molar-refractivity contribution in [1.82, 2.24) is 9.97 Å². The molecule has 6 nitrogen and oxygen atoms in total. The fraction of sp³-hybridized carbons (Fsp3) is 0.545. The number of aromatic nitrogens is 2. The molecule has 176 valence electrons. The van der Waals surface area contributed by atoms with E-state index in [1.165, 1.54) is 6.07 Å². The summed E-state index contributed by atoms with van der Waals surface area (Å²) >= 11 is 6.57. The van der Waals surface area contributed by atoms with E-state index in [1.807, 2.05) is 19.1 Å². The standard InChI is InChI=1S/C11H16BrNO2.C6H5BrFN.C5H12O2/c1-8-9(12)4-5-10(13-8)15-7-6-11(2,3)14;1-4-5(7)2-3-6(8)9-4;1-5(2,7)3-4-6/h4-5,14H,6-7H2,1-3H3;2-3H,1H3;6-7H,3-4H2,1-2H3. The van der Waals surface area contributed by atoms with Gasteiger partial charge < -0.3 is 20.1 Å². The molecule has 2 aromatic heterocycles. The van der Waals surface area contributed by atoms with Gasteiger partial charge in [-0.25, -0.2) is 9.97 Å². The summed E-state index contributed by atoms with van der Waals surface area (Å²) in [5.74, 6) is 0.163. The van der Waals surface area contributed by atoms with Crippen molar-refractivity contribution >= 4 is 31.9 Å². The highest BCUT2D eigenvalue weighted by molar-refractivity contribution is 9.10. The summed E-state index contributed by atoms with van der Waals surface area (Å²) in [5.41, 5.74) is 0.185. The van der Waals surface area contributed by atoms with Gasteiger partial charge in [-0.1, -0.05) is 0 Å². The molecule has 0 aliphatic heterocycles. The first-order chi connectivity index (χ1) is 14.1. The first-order valence-corrected chi connectivity index (χ1v) is 11.3. The van der Waals surface area contributed by atoms with E-state index in [0.717, 1.165) is 14.6 Å². The SMILES string of the molecule is CC(C)(O)CCO.Cc1nc(F)ccc1Br.Cc1nc(OCCC(C)(C)O)ccc1Br. The summed E-state index contributed by atoms with van der Waals surface area (Å²) in [6.45, 7) is 11.0. The van der Waals surface area contributed by atoms with E-state index in [9.17, 15) is 9.50 Å². The van der Waals surface area contributed by atoms with Crippen molar-refractivity contribution < 1.29 is 24.4 Å². The summed E-state index contributed by atoms with van der Waals surface area (Å²) in [6, 6.07) is 6.66. The summed E-state index contributed by atoms with van der Waals surface area (Å²) < 4.78 is 19.4. The Bertz CT molecular complexity index is 794. The lowest BCUT2D eigenvalue weighted by molar-refractivity contribution is 0.0513. The molecule has 9 heteroatoms. The van der Waals surface area contributed by atoms with Crippen LogP contribution >= 0.6 is 31.9 Å². The molecule has 0 radical (unpaired) electrons. The number of ether oxygens (including phenoxy) is 1. The Morgan fingerprint density at radius 1 is 0.871 bits per heavy atom. The zero-order valence-corrected chi connectivity index (χ0v) is 22.1. The van der Waals surface area contributed by atoms with Crippen LogP contribution in [0.5, 0.6) is 5.88 Å². The number of aryl methyl sites for hydroxylation is 2. The van der Waals surface area contributed by atoms with Crippen molar-refractivity contribution in [3.63, 3.8) is 0 Å². The van der Waals surface area contributed by atoms with Gasteiger partial charge in [0.15, 0.2) is 0 Å². The van der Waals surface area contributed by atoms with Gasteiger partial charge >= 0.3 is 0 Å². The highest BCUT2D eigenvalue weighted by Gasteiger charge is 2.12. The zero-order valence-electron chi connectivity index (χ0n) is 18.9. The van der Waals surface area contributed by atoms with E-state index < -0.39 is 17.1 Å². The lowest BCUT2D eigenvalue weighted by atomic mass is 10.1. The van der Waals surface area contributed by atoms with Crippen LogP contribution in [-0.4, -0.2) is 49.7 Å². The average Bonchev–Trinajstić information content (AvgIpc) is 2.61. The third kappa shape index (κ3) is 16.2. The number of aliphatic hydroxyl groups is 3. The van der Waals surface area contributed by atoms with Gasteiger partial charge in [-0.05, 0) is 98.0 Å². The second kappa shape index (κ2) is 14.1. The molecular formula is C22H33Br2FN2O4. The van der Waals surface area contributed by atoms with Gasteiger partial charge in [0.2, 0.25) is 11.8 Å². The van der Waals surface area contributed by atoms with Crippen molar-refractivity contribution in [1.29, 1.82) is 0 Å². The zero-order chi connectivity index (χ0) is 24.2. The number of pyridine rings is 2. The minimum absolute atomic E-state index is 0.0590. The van der Waals surface area contributed by atoms with Gasteiger partial charge in [-0.15, -0.1) is 0 Å². The van der Waals surface area contributed by atoms with Crippen LogP contribution in [0.25, 0.3) is 0 Å². The molecule has 2 aromatic rings. The van der Waals surface area contributed by atoms with E-state index in [2.05, 4.69) is 41.8 Å². The summed E-state index contributed by atoms with van der Waals surface area (Å²) in [6.07, 6.45) is 1.04. The van der Waals surface area contributed by atoms with Crippen LogP contribution in [0.1, 0.15) is 51.9 Å². The van der Waals surface area contributed by atoms with Crippen molar-refractivity contribution in [3.05, 3.63) is 50.5 Å². The molecule has 0 saturated heterocycles. The second-order valence-corrected chi connectivity index (χ2v) is 9.82. The van der Waals surface area contributed by atoms with Crippen molar-refractivity contribution in [2.75, 3.05) is 13.2 Å². The number of rotatable bonds is 6. The number of halogens is 3. The molecule has 0 aliphatic rings. The molecule has 0 aromatic carbocycles. The second-order valence-electron chi connectivity index (χ2n) is 8.11. The van der Waals surface area contributed by atoms with Crippen LogP contribution in [0.4, 0.5) is 4.39 Å². The third-order valence-corrected chi connectivity index (χ3v) is 5.35. The fourth-order valence-corrected chi connectivity index (χ4v) is 2.24. The molecular weight excluding hydrogens is 535 g/mol. The number of nitrogens with zero attached hydrogens (tertiary/aromatic N) is 2. The molecule has 0 amide bonds. The molecule has 0 unspecified atom stereocenters. The average molecular weight is 568 g/mol. The Labute approximate surface area is 201 Å². The molecule has 0 fully saturated rings. The molecule has 0 bridgehead atoms. The van der Waals surface area contributed by atoms with E-state index in [4.69, 9.17) is 14.9 Å². The largest absolute Gasteiger partial charge is 0.478 e. The molecule has 2 rings (SSSR count). The Balaban J connectivity index is 0.000000479. The molecule has 0 saturated carbocycles. The Morgan fingerprint density at radius 3 is 1.71 bits per heavy atom. The highest BCUT2D eigenvalue weighted by atomic mass is 79.9. The Hall–Kier alpha value is -1.13. The lowest BCUT2D eigenvalue weighted by Gasteiger charge is -2.16. The lowest BCUT2D eigenvalue weighted by Crippen LogP contribution is -2.22. The topological polar surface area (TPSA) is 95.7 Å². The first kappa shape index (κ1) is 29.9. The normalized spacial score (nSPS) is 11.1. The van der Waals surface area contributed by atoms with Gasteiger partial charge in [0.1, 0.15) is 0 Å². The smallest absolute Gasteiger partial charge is 0.213 e. The van der Waals surface area contributed by atoms with E-state index in [0.29, 0.717) is 31.0 Å². The van der Waals surface area contributed by atoms with Crippen LogP contribution in [0.3, 0.4) is 0 Å². The molecule has 2 heterocycles. The van der Waals surface area contributed by atoms with Gasteiger partial charge in [0.25, 0.3) is 0 Å². The maximum Gasteiger partial charge on any atom is 0.213 e. The van der Waals surface area contributed by atoms with E-state index >= 15 is 0 Å². The van der Waals surface area contributed by atoms with Crippen molar-refractivity contribution in [2.45, 2.75) is 65.6 Å². The van der Waals surface area contributed by atoms with Crippen LogP contribution < -0.4 is 4.74 Å². The summed E-state index contributed by atoms with van der Waals surface area (Å²) in [5, 5.41) is 26.6. The van der Waals surface area contributed by atoms with Crippen LogP contribution in [0.15, 0.2) is 33.2 Å². The molecule has 31 heavy (non-hydrogen) atoms. The quantitative estimate of drug-likeness (QED) is 0.419. The molecule has 0 aliphatic carbocycles. The maximum absolute atomic E-state index is 12.2. The summed E-state index contributed by atoms with van der Waals surface area (Å²) in [4.78, 5) is 7.80. The monoisotopic (exact) mass is 566 g/mol. The first-order valence-electron chi connectivity index (χ1n) is 9.75. The van der Waals surface area contributed by atoms with Gasteiger partial charge in [-0.2, -0.15) is 4.39 Å². The Kier molecular flexibility index (Phi) is 13.6. The number of aliphatic hydroxyl groups excluding tert-OH is 1. The van der Waals surface area contributed by atoms with Gasteiger partial charge in [0.05, 0.1) is 29.2 Å². The number of hydrogen-bond acceptors (Lipinski definition) is 6. The van der Waals surface area contributed by atoms with E-state index in [1.54, 1.807) is 40.7 Å². The van der Waals surface area contributed by atoms with Crippen molar-refractivity contribution in [3.8, 4) is 5.88 Å². The molecule has 3 N–H and O–H groups in total. The van der Waals surface area contributed by atoms with Crippen LogP contribution in [-0.2, 0) is 0 Å². The minimum Gasteiger partial charge on any atom is -0.478 e. The van der Waals surface area contributed by atoms with Crippen LogP contribution in [0.2, 0.25) is 0 Å². The summed E-state index contributed by atoms with van der Waals surface area (Å²) in [7, 11) is 0. The third-order valence-electron chi connectivity index (χ3n) is 3.67. The minimum atomic E-state index is -0.700. The molecule has 0 atom stereocenters. The maximum atomic E-state index is 12.2. The molecule has 0 spiro atoms. The highest BCUT2D eigenvalue weighted by Crippen LogP contribution is 2.18. The van der Waals surface area contributed by atoms with Crippen LogP contribution in [0, 0.1) is 19.8 Å². The van der Waals surface area contributed by atoms with E-state index in [-0.39, 0.29) is 6.61 Å². The van der Waals surface area contributed by atoms with Crippen molar-refractivity contribution in [2.24, 2.45) is 0 Å². The predicted molar refractivity (Wildman–Crippen MR) is 128 cm³/mol. The fourth-order valence-electron chi connectivity index (χ4n) is 1.79. The van der Waals surface area contributed by atoms with Gasteiger partial charge in [-0.3, -0.25) is 0 Å². The number of hydrogen-bond donors (Lipinski definition) is 3. The predicted octanol–water partition coefficient (Wildman–Crippen LogP) is 5.12. The Morgan fingerprint density at radius 2 is 1.35 bits per heavy atom.